The summed E-state index contributed by atoms with van der Waals surface area (Å²) in [5, 5.41) is 0. The van der Waals surface area contributed by atoms with Crippen LogP contribution in [-0.4, -0.2) is 68.3 Å². The number of amides is 1. The molecule has 0 saturated carbocycles. The van der Waals surface area contributed by atoms with Crippen molar-refractivity contribution in [3.8, 4) is 11.5 Å². The quantitative estimate of drug-likeness (QED) is 0.658. The molecule has 0 spiro atoms. The maximum Gasteiger partial charge on any atom is 0.257 e. The summed E-state index contributed by atoms with van der Waals surface area (Å²) in [5.74, 6) is 1.03. The summed E-state index contributed by atoms with van der Waals surface area (Å²) in [4.78, 5) is 17.8. The van der Waals surface area contributed by atoms with Crippen LogP contribution in [0, 0.1) is 5.82 Å². The molecule has 6 nitrogen and oxygen atoms in total. The van der Waals surface area contributed by atoms with Gasteiger partial charge in [-0.05, 0) is 62.6 Å². The van der Waals surface area contributed by atoms with Gasteiger partial charge in [-0.15, -0.1) is 0 Å². The SMILES string of the molecule is COc1ccc(F)cc1CN1CCCC[C@H]2[C@@H](OC)CCCN2C(=O)c2ccccc2OCC1. The van der Waals surface area contributed by atoms with Gasteiger partial charge in [0.05, 0.1) is 24.8 Å². The largest absolute Gasteiger partial charge is 0.496 e. The molecule has 2 heterocycles. The zero-order chi connectivity index (χ0) is 23.9. The van der Waals surface area contributed by atoms with Crippen LogP contribution in [0.15, 0.2) is 42.5 Å². The van der Waals surface area contributed by atoms with Crippen LogP contribution in [0.5, 0.6) is 11.5 Å². The molecule has 0 aliphatic carbocycles. The Morgan fingerprint density at radius 3 is 2.71 bits per heavy atom. The Bertz CT molecular complexity index is 969. The minimum absolute atomic E-state index is 0.0166. The lowest BCUT2D eigenvalue weighted by Crippen LogP contribution is -2.51. The number of rotatable bonds is 4. The van der Waals surface area contributed by atoms with E-state index in [1.165, 1.54) is 12.1 Å². The highest BCUT2D eigenvalue weighted by Crippen LogP contribution is 2.29. The van der Waals surface area contributed by atoms with Crippen molar-refractivity contribution in [2.75, 3.05) is 40.5 Å². The molecule has 184 valence electrons. The molecule has 0 N–H and O–H groups in total. The molecule has 34 heavy (non-hydrogen) atoms. The Balaban J connectivity index is 1.57. The van der Waals surface area contributed by atoms with Gasteiger partial charge in [0.15, 0.2) is 0 Å². The number of methoxy groups -OCH3 is 2. The van der Waals surface area contributed by atoms with Crippen LogP contribution in [0.3, 0.4) is 0 Å². The van der Waals surface area contributed by atoms with Crippen molar-refractivity contribution in [1.29, 1.82) is 0 Å². The molecular weight excluding hydrogens is 435 g/mol. The number of hydrogen-bond acceptors (Lipinski definition) is 5. The third-order valence-electron chi connectivity index (χ3n) is 6.92. The topological polar surface area (TPSA) is 51.2 Å². The molecule has 2 atom stereocenters. The van der Waals surface area contributed by atoms with Gasteiger partial charge >= 0.3 is 0 Å². The van der Waals surface area contributed by atoms with Crippen molar-refractivity contribution in [3.05, 3.63) is 59.4 Å². The maximum atomic E-state index is 13.9. The molecule has 2 aromatic carbocycles. The third kappa shape index (κ3) is 5.70. The van der Waals surface area contributed by atoms with Gasteiger partial charge in [-0.25, -0.2) is 4.39 Å². The number of nitrogens with zero attached hydrogens (tertiary/aromatic N) is 2. The van der Waals surface area contributed by atoms with Crippen molar-refractivity contribution in [3.63, 3.8) is 0 Å². The number of fused-ring (bicyclic) bond motifs is 2. The van der Waals surface area contributed by atoms with Crippen molar-refractivity contribution >= 4 is 5.91 Å². The van der Waals surface area contributed by atoms with Crippen LogP contribution < -0.4 is 9.47 Å². The average Bonchev–Trinajstić information content (AvgIpc) is 2.87. The summed E-state index contributed by atoms with van der Waals surface area (Å²) < 4.78 is 31.3. The van der Waals surface area contributed by atoms with Gasteiger partial charge in [0, 0.05) is 32.3 Å². The first-order valence-electron chi connectivity index (χ1n) is 12.2. The second kappa shape index (κ2) is 11.7. The smallest absolute Gasteiger partial charge is 0.257 e. The number of ether oxygens (including phenoxy) is 3. The zero-order valence-corrected chi connectivity index (χ0v) is 20.2. The van der Waals surface area contributed by atoms with Crippen molar-refractivity contribution in [1.82, 2.24) is 9.80 Å². The van der Waals surface area contributed by atoms with Crippen LogP contribution in [0.25, 0.3) is 0 Å². The molecule has 0 bridgehead atoms. The highest BCUT2D eigenvalue weighted by atomic mass is 19.1. The summed E-state index contributed by atoms with van der Waals surface area (Å²) in [7, 11) is 3.35. The Labute approximate surface area is 201 Å². The predicted octanol–water partition coefficient (Wildman–Crippen LogP) is 4.52. The van der Waals surface area contributed by atoms with Crippen molar-refractivity contribution < 1.29 is 23.4 Å². The minimum Gasteiger partial charge on any atom is -0.496 e. The summed E-state index contributed by atoms with van der Waals surface area (Å²) in [6, 6.07) is 12.2. The summed E-state index contributed by atoms with van der Waals surface area (Å²) >= 11 is 0. The fraction of sp³-hybridized carbons (Fsp3) is 0.519. The normalized spacial score (nSPS) is 22.4. The standard InChI is InChI=1S/C27H35FN2O4/c1-32-24-13-12-21(28)18-20(24)19-29-14-6-5-9-23-26(33-2)11-7-15-30(23)27(31)22-8-3-4-10-25(22)34-17-16-29/h3-4,8,10,12-13,18,23,26H,5-7,9,11,14-17,19H2,1-2H3/t23-,26-/m0/s1. The lowest BCUT2D eigenvalue weighted by molar-refractivity contribution is -0.0155. The molecule has 2 aliphatic heterocycles. The summed E-state index contributed by atoms with van der Waals surface area (Å²) in [5.41, 5.74) is 1.42. The average molecular weight is 471 g/mol. The van der Waals surface area contributed by atoms with E-state index in [2.05, 4.69) is 4.90 Å². The fourth-order valence-corrected chi connectivity index (χ4v) is 5.17. The van der Waals surface area contributed by atoms with E-state index in [0.717, 1.165) is 50.8 Å². The number of carbonyl (C=O) groups is 1. The van der Waals surface area contributed by atoms with Gasteiger partial charge in [-0.2, -0.15) is 0 Å². The van der Waals surface area contributed by atoms with E-state index in [0.29, 0.717) is 36.8 Å². The number of hydrogen-bond donors (Lipinski definition) is 0. The Morgan fingerprint density at radius 1 is 1.03 bits per heavy atom. The highest BCUT2D eigenvalue weighted by Gasteiger charge is 2.35. The number of benzene rings is 2. The number of halogens is 1. The van der Waals surface area contributed by atoms with E-state index in [1.54, 1.807) is 20.3 Å². The van der Waals surface area contributed by atoms with Gasteiger partial charge in [0.25, 0.3) is 5.91 Å². The zero-order valence-electron chi connectivity index (χ0n) is 20.2. The molecule has 0 radical (unpaired) electrons. The lowest BCUT2D eigenvalue weighted by atomic mass is 9.93. The van der Waals surface area contributed by atoms with Crippen LogP contribution in [0.4, 0.5) is 4.39 Å². The first kappa shape index (κ1) is 24.5. The van der Waals surface area contributed by atoms with E-state index < -0.39 is 0 Å². The first-order chi connectivity index (χ1) is 16.6. The number of piperidine rings is 1. The molecular formula is C27H35FN2O4. The Kier molecular flexibility index (Phi) is 8.40. The molecule has 1 amide bonds. The summed E-state index contributed by atoms with van der Waals surface area (Å²) in [6.07, 6.45) is 4.79. The second-order valence-electron chi connectivity index (χ2n) is 9.05. The first-order valence-corrected chi connectivity index (χ1v) is 12.2. The molecule has 7 heteroatoms. The van der Waals surface area contributed by atoms with E-state index in [1.807, 2.05) is 29.2 Å². The highest BCUT2D eigenvalue weighted by molar-refractivity contribution is 5.97. The van der Waals surface area contributed by atoms with E-state index in [-0.39, 0.29) is 23.9 Å². The minimum atomic E-state index is -0.270. The van der Waals surface area contributed by atoms with E-state index in [9.17, 15) is 9.18 Å². The predicted molar refractivity (Wildman–Crippen MR) is 129 cm³/mol. The molecule has 0 unspecified atom stereocenters. The van der Waals surface area contributed by atoms with Crippen molar-refractivity contribution in [2.24, 2.45) is 0 Å². The van der Waals surface area contributed by atoms with Gasteiger partial charge in [0.2, 0.25) is 0 Å². The molecule has 4 rings (SSSR count). The summed E-state index contributed by atoms with van der Waals surface area (Å²) in [6.45, 7) is 3.26. The molecule has 2 aliphatic rings. The van der Waals surface area contributed by atoms with Crippen LogP contribution in [-0.2, 0) is 11.3 Å². The maximum absolute atomic E-state index is 13.9. The van der Waals surface area contributed by atoms with E-state index in [4.69, 9.17) is 14.2 Å². The van der Waals surface area contributed by atoms with Gasteiger partial charge in [-0.3, -0.25) is 9.69 Å². The lowest BCUT2D eigenvalue weighted by Gasteiger charge is -2.41. The molecule has 1 saturated heterocycles. The number of para-hydroxylation sites is 1. The monoisotopic (exact) mass is 470 g/mol. The van der Waals surface area contributed by atoms with Gasteiger partial charge in [0.1, 0.15) is 23.9 Å². The third-order valence-corrected chi connectivity index (χ3v) is 6.92. The number of carbonyl (C=O) groups excluding carboxylic acids is 1. The Hall–Kier alpha value is -2.64. The second-order valence-corrected chi connectivity index (χ2v) is 9.05. The van der Waals surface area contributed by atoms with Gasteiger partial charge < -0.3 is 19.1 Å². The molecule has 1 fully saturated rings. The van der Waals surface area contributed by atoms with Crippen LogP contribution in [0.2, 0.25) is 0 Å². The van der Waals surface area contributed by atoms with E-state index >= 15 is 0 Å². The van der Waals surface area contributed by atoms with Crippen molar-refractivity contribution in [2.45, 2.75) is 50.8 Å². The van der Waals surface area contributed by atoms with Gasteiger partial charge in [-0.1, -0.05) is 18.6 Å². The van der Waals surface area contributed by atoms with Crippen LogP contribution in [0.1, 0.15) is 48.0 Å². The molecule has 2 aromatic rings. The Morgan fingerprint density at radius 2 is 1.88 bits per heavy atom. The van der Waals surface area contributed by atoms with Crippen LogP contribution >= 0.6 is 0 Å². The fourth-order valence-electron chi connectivity index (χ4n) is 5.17. The molecule has 0 aromatic heterocycles.